The highest BCUT2D eigenvalue weighted by Gasteiger charge is 2.12. The molecule has 1 aliphatic heterocycles. The van der Waals surface area contributed by atoms with E-state index in [0.29, 0.717) is 4.62 Å². The van der Waals surface area contributed by atoms with Crippen LogP contribution in [0.5, 0.6) is 0 Å². The van der Waals surface area contributed by atoms with Gasteiger partial charge in [-0.05, 0) is 22.0 Å². The van der Waals surface area contributed by atoms with Gasteiger partial charge >= 0.3 is 0 Å². The molecule has 1 N–H and O–H groups in total. The fourth-order valence-electron chi connectivity index (χ4n) is 0.418. The molecule has 0 amide bonds. The van der Waals surface area contributed by atoms with Crippen molar-refractivity contribution in [1.29, 1.82) is 0 Å². The summed E-state index contributed by atoms with van der Waals surface area (Å²) in [5.74, 6) is 0. The quantitative estimate of drug-likeness (QED) is 0.579. The predicted octanol–water partition coefficient (Wildman–Crippen LogP) is 0.770. The minimum absolute atomic E-state index is 0.102. The maximum atomic E-state index is 12.1. The van der Waals surface area contributed by atoms with E-state index in [-0.39, 0.29) is 5.12 Å². The minimum atomic E-state index is -1.40. The van der Waals surface area contributed by atoms with Gasteiger partial charge in [0.2, 0.25) is 0 Å². The highest BCUT2D eigenvalue weighted by atomic mass is 79.9. The molecule has 1 aliphatic rings. The van der Waals surface area contributed by atoms with Crippen LogP contribution >= 0.6 is 15.9 Å². The Labute approximate surface area is 59.6 Å². The van der Waals surface area contributed by atoms with E-state index in [1.807, 2.05) is 0 Å². The molecule has 1 unspecified atom stereocenters. The molecule has 3 nitrogen and oxygen atoms in total. The summed E-state index contributed by atoms with van der Waals surface area (Å²) in [6, 6.07) is 0. The largest absolute Gasteiger partial charge is 0.353 e. The SMILES string of the molecule is OC1N=C(Br)C=CN1F. The van der Waals surface area contributed by atoms with Gasteiger partial charge in [0.15, 0.2) is 0 Å². The van der Waals surface area contributed by atoms with Gasteiger partial charge in [-0.2, -0.15) is 5.12 Å². The van der Waals surface area contributed by atoms with Crippen molar-refractivity contribution in [3.63, 3.8) is 0 Å². The lowest BCUT2D eigenvalue weighted by atomic mass is 10.6. The molecule has 1 atom stereocenters. The summed E-state index contributed by atoms with van der Waals surface area (Å²) < 4.78 is 12.6. The number of aliphatic hydroxyl groups is 1. The number of aliphatic hydroxyl groups excluding tert-OH is 1. The first-order valence-corrected chi connectivity index (χ1v) is 3.03. The third-order valence-corrected chi connectivity index (χ3v) is 1.28. The van der Waals surface area contributed by atoms with Gasteiger partial charge in [-0.1, -0.05) is 4.48 Å². The number of hydrogen-bond acceptors (Lipinski definition) is 3. The van der Waals surface area contributed by atoms with Crippen LogP contribution in [0.2, 0.25) is 0 Å². The van der Waals surface area contributed by atoms with E-state index >= 15 is 0 Å². The van der Waals surface area contributed by atoms with Crippen molar-refractivity contribution < 1.29 is 9.59 Å². The first kappa shape index (κ1) is 6.70. The van der Waals surface area contributed by atoms with E-state index in [4.69, 9.17) is 5.11 Å². The van der Waals surface area contributed by atoms with Crippen LogP contribution in [0.3, 0.4) is 0 Å². The second-order valence-electron chi connectivity index (χ2n) is 1.46. The lowest BCUT2D eigenvalue weighted by molar-refractivity contribution is -0.0776. The Hall–Kier alpha value is -0.420. The third-order valence-electron chi connectivity index (χ3n) is 0.814. The molecule has 50 valence electrons. The summed E-state index contributed by atoms with van der Waals surface area (Å²) in [7, 11) is 0. The Morgan fingerprint density at radius 3 is 3.00 bits per heavy atom. The van der Waals surface area contributed by atoms with Crippen molar-refractivity contribution in [2.75, 3.05) is 0 Å². The molecule has 0 aromatic carbocycles. The summed E-state index contributed by atoms with van der Waals surface area (Å²) in [5, 5.41) is 8.73. The Bertz CT molecular complexity index is 170. The molecule has 0 saturated heterocycles. The summed E-state index contributed by atoms with van der Waals surface area (Å²) in [4.78, 5) is 3.42. The Morgan fingerprint density at radius 1 is 1.89 bits per heavy atom. The third kappa shape index (κ3) is 1.49. The van der Waals surface area contributed by atoms with Crippen LogP contribution in [0.25, 0.3) is 0 Å². The molecule has 1 heterocycles. The molecule has 1 rings (SSSR count). The summed E-state index contributed by atoms with van der Waals surface area (Å²) in [6.45, 7) is 0. The molecular formula is C4H4BrFN2O. The topological polar surface area (TPSA) is 35.8 Å². The Kier molecular flexibility index (Phi) is 1.82. The van der Waals surface area contributed by atoms with E-state index < -0.39 is 6.35 Å². The summed E-state index contributed by atoms with van der Waals surface area (Å²) in [6.07, 6.45) is 1.08. The van der Waals surface area contributed by atoms with Crippen molar-refractivity contribution in [3.8, 4) is 0 Å². The molecule has 0 fully saturated rings. The molecule has 0 aromatic rings. The summed E-state index contributed by atoms with van der Waals surface area (Å²) >= 11 is 2.97. The lowest BCUT2D eigenvalue weighted by Gasteiger charge is -2.15. The molecule has 0 spiro atoms. The van der Waals surface area contributed by atoms with Gasteiger partial charge in [-0.15, -0.1) is 0 Å². The van der Waals surface area contributed by atoms with Gasteiger partial charge in [-0.25, -0.2) is 4.99 Å². The number of hydrogen-bond donors (Lipinski definition) is 1. The smallest absolute Gasteiger partial charge is 0.253 e. The van der Waals surface area contributed by atoms with Crippen molar-refractivity contribution >= 4 is 20.6 Å². The van der Waals surface area contributed by atoms with Gasteiger partial charge < -0.3 is 5.11 Å². The van der Waals surface area contributed by atoms with Gasteiger partial charge in [0.05, 0.1) is 0 Å². The van der Waals surface area contributed by atoms with E-state index in [9.17, 15) is 4.48 Å². The highest BCUT2D eigenvalue weighted by molar-refractivity contribution is 9.18. The van der Waals surface area contributed by atoms with Crippen LogP contribution in [0.15, 0.2) is 17.3 Å². The molecule has 0 radical (unpaired) electrons. The zero-order valence-corrected chi connectivity index (χ0v) is 5.92. The Balaban J connectivity index is 2.70. The van der Waals surface area contributed by atoms with E-state index in [2.05, 4.69) is 20.9 Å². The van der Waals surface area contributed by atoms with Crippen LogP contribution in [0.4, 0.5) is 4.48 Å². The second-order valence-corrected chi connectivity index (χ2v) is 2.27. The van der Waals surface area contributed by atoms with E-state index in [1.54, 1.807) is 0 Å². The molecule has 5 heteroatoms. The zero-order valence-electron chi connectivity index (χ0n) is 4.33. The summed E-state index contributed by atoms with van der Waals surface area (Å²) in [5.41, 5.74) is 0. The van der Waals surface area contributed by atoms with Crippen LogP contribution in [-0.2, 0) is 0 Å². The first-order valence-electron chi connectivity index (χ1n) is 2.24. The molecule has 9 heavy (non-hydrogen) atoms. The average molecular weight is 195 g/mol. The molecule has 0 saturated carbocycles. The Morgan fingerprint density at radius 2 is 2.56 bits per heavy atom. The van der Waals surface area contributed by atoms with Crippen molar-refractivity contribution in [3.05, 3.63) is 12.3 Å². The molecule has 0 aliphatic carbocycles. The van der Waals surface area contributed by atoms with E-state index in [1.165, 1.54) is 6.08 Å². The maximum Gasteiger partial charge on any atom is 0.253 e. The zero-order chi connectivity index (χ0) is 6.85. The van der Waals surface area contributed by atoms with Crippen LogP contribution in [-0.4, -0.2) is 21.2 Å². The van der Waals surface area contributed by atoms with Crippen LogP contribution < -0.4 is 0 Å². The van der Waals surface area contributed by atoms with E-state index in [0.717, 1.165) is 6.20 Å². The first-order chi connectivity index (χ1) is 4.20. The number of allylic oxidation sites excluding steroid dienone is 1. The van der Waals surface area contributed by atoms with Crippen molar-refractivity contribution in [2.45, 2.75) is 6.35 Å². The molecular weight excluding hydrogens is 191 g/mol. The van der Waals surface area contributed by atoms with Gasteiger partial charge in [-0.3, -0.25) is 0 Å². The van der Waals surface area contributed by atoms with Gasteiger partial charge in [0, 0.05) is 6.20 Å². The number of aliphatic imine (C=N–C) groups is 1. The minimum Gasteiger partial charge on any atom is -0.353 e. The van der Waals surface area contributed by atoms with Gasteiger partial charge in [0.1, 0.15) is 4.62 Å². The van der Waals surface area contributed by atoms with Crippen LogP contribution in [0, 0.1) is 0 Å². The van der Waals surface area contributed by atoms with Crippen molar-refractivity contribution in [1.82, 2.24) is 5.12 Å². The van der Waals surface area contributed by atoms with Crippen LogP contribution in [0.1, 0.15) is 0 Å². The fraction of sp³-hybridized carbons (Fsp3) is 0.250. The lowest BCUT2D eigenvalue weighted by Crippen LogP contribution is -2.24. The number of nitrogens with zero attached hydrogens (tertiary/aromatic N) is 2. The average Bonchev–Trinajstić information content (AvgIpc) is 1.80. The standard InChI is InChI=1S/C4H4BrFN2O/c5-3-1-2-8(6)4(9)7-3/h1-2,4,9H. The number of halogens is 2. The highest BCUT2D eigenvalue weighted by Crippen LogP contribution is 2.08. The predicted molar refractivity (Wildman–Crippen MR) is 34.5 cm³/mol. The monoisotopic (exact) mass is 194 g/mol. The number of rotatable bonds is 0. The fourth-order valence-corrected chi connectivity index (χ4v) is 0.720. The van der Waals surface area contributed by atoms with Gasteiger partial charge in [0.25, 0.3) is 6.35 Å². The maximum absolute atomic E-state index is 12.1. The van der Waals surface area contributed by atoms with Crippen molar-refractivity contribution in [2.24, 2.45) is 4.99 Å². The molecule has 0 bridgehead atoms. The normalized spacial score (nSPS) is 26.3. The second kappa shape index (κ2) is 2.45. The molecule has 0 aromatic heterocycles.